The highest BCUT2D eigenvalue weighted by molar-refractivity contribution is 5.99. The number of benzene rings is 2. The van der Waals surface area contributed by atoms with Crippen LogP contribution >= 0.6 is 0 Å². The zero-order chi connectivity index (χ0) is 25.7. The summed E-state index contributed by atoms with van der Waals surface area (Å²) < 4.78 is 0. The summed E-state index contributed by atoms with van der Waals surface area (Å²) in [5.74, 6) is 0.713. The number of aromatic nitrogens is 5. The lowest BCUT2D eigenvalue weighted by molar-refractivity contribution is 0.0460. The van der Waals surface area contributed by atoms with Crippen LogP contribution in [0, 0.1) is 20.8 Å². The molecule has 0 bridgehead atoms. The molecule has 6 rings (SSSR count). The summed E-state index contributed by atoms with van der Waals surface area (Å²) in [5.41, 5.74) is 8.93. The van der Waals surface area contributed by atoms with E-state index in [0.717, 1.165) is 60.5 Å². The molecular weight excluding hydrogens is 464 g/mol. The number of likely N-dealkylation sites (tertiary alicyclic amines) is 1. The number of anilines is 2. The molecule has 2 N–H and O–H groups in total. The maximum absolute atomic E-state index is 13.5. The van der Waals surface area contributed by atoms with E-state index in [1.807, 2.05) is 30.2 Å². The number of H-pyrrole nitrogens is 1. The van der Waals surface area contributed by atoms with Gasteiger partial charge in [-0.1, -0.05) is 11.3 Å². The van der Waals surface area contributed by atoms with Gasteiger partial charge in [0.15, 0.2) is 0 Å². The van der Waals surface area contributed by atoms with E-state index in [1.165, 1.54) is 16.7 Å². The third-order valence-corrected chi connectivity index (χ3v) is 7.69. The minimum Gasteiger partial charge on any atom is -0.336 e. The molecule has 2 aromatic carbocycles. The first-order valence-corrected chi connectivity index (χ1v) is 12.9. The van der Waals surface area contributed by atoms with Gasteiger partial charge in [-0.3, -0.25) is 14.8 Å². The fraction of sp³-hybridized carbons (Fsp3) is 0.393. The van der Waals surface area contributed by atoms with Crippen molar-refractivity contribution in [2.45, 2.75) is 65.7 Å². The lowest BCUT2D eigenvalue weighted by Gasteiger charge is -2.41. The van der Waals surface area contributed by atoms with E-state index in [-0.39, 0.29) is 11.9 Å². The Morgan fingerprint density at radius 3 is 2.68 bits per heavy atom. The minimum absolute atomic E-state index is 0.0750. The molecule has 0 aliphatic carbocycles. The molecule has 0 saturated carbocycles. The Kier molecular flexibility index (Phi) is 5.87. The SMILES string of the molecule is Cc1cc(C)cc(Nc2ncc3c(n2)CN([C@@H]2CCN(C(=O)c4cc5nn[nH]c5cc4C)[C@H](C)C2)C3)c1. The zero-order valence-corrected chi connectivity index (χ0v) is 21.7. The monoisotopic (exact) mass is 496 g/mol. The Morgan fingerprint density at radius 2 is 1.89 bits per heavy atom. The van der Waals surface area contributed by atoms with Crippen molar-refractivity contribution < 1.29 is 4.79 Å². The van der Waals surface area contributed by atoms with Crippen LogP contribution in [0.15, 0.2) is 36.5 Å². The Hall–Kier alpha value is -3.85. The standard InChI is InChI=1S/C28H32N8O/c1-16-7-17(2)9-21(8-16)30-28-29-13-20-14-35(15-26(20)31-28)22-5-6-36(19(4)11-22)27(37)23-12-25-24(10-18(23)3)32-34-33-25/h7-10,12-13,19,22H,5-6,11,14-15H2,1-4H3,(H,29,30,31)(H,32,33,34)/t19-,22-/m1/s1. The first kappa shape index (κ1) is 23.5. The van der Waals surface area contributed by atoms with Crippen LogP contribution in [0.1, 0.15) is 58.1 Å². The third-order valence-electron chi connectivity index (χ3n) is 7.69. The molecule has 2 aliphatic rings. The number of nitrogens with zero attached hydrogens (tertiary/aromatic N) is 6. The van der Waals surface area contributed by atoms with Gasteiger partial charge in [0, 0.05) is 54.7 Å². The van der Waals surface area contributed by atoms with Gasteiger partial charge in [-0.25, -0.2) is 9.97 Å². The molecule has 0 spiro atoms. The van der Waals surface area contributed by atoms with Crippen LogP contribution in [0.2, 0.25) is 0 Å². The molecule has 4 heterocycles. The predicted molar refractivity (Wildman–Crippen MR) is 143 cm³/mol. The normalized spacial score (nSPS) is 19.8. The number of piperidine rings is 1. The summed E-state index contributed by atoms with van der Waals surface area (Å²) in [6.07, 6.45) is 3.83. The van der Waals surface area contributed by atoms with Gasteiger partial charge in [0.1, 0.15) is 5.52 Å². The number of hydrogen-bond donors (Lipinski definition) is 2. The molecule has 0 radical (unpaired) electrons. The van der Waals surface area contributed by atoms with Crippen LogP contribution in [-0.2, 0) is 13.1 Å². The number of aromatic amines is 1. The molecule has 1 saturated heterocycles. The number of carbonyl (C=O) groups is 1. The van der Waals surface area contributed by atoms with E-state index in [1.54, 1.807) is 0 Å². The zero-order valence-electron chi connectivity index (χ0n) is 21.7. The van der Waals surface area contributed by atoms with Gasteiger partial charge in [-0.05, 0) is 81.5 Å². The smallest absolute Gasteiger partial charge is 0.254 e. The molecule has 2 atom stereocenters. The van der Waals surface area contributed by atoms with Crippen LogP contribution in [0.3, 0.4) is 0 Å². The second-order valence-electron chi connectivity index (χ2n) is 10.6. The van der Waals surface area contributed by atoms with Crippen LogP contribution in [0.5, 0.6) is 0 Å². The van der Waals surface area contributed by atoms with E-state index in [0.29, 0.717) is 17.6 Å². The second-order valence-corrected chi connectivity index (χ2v) is 10.6. The highest BCUT2D eigenvalue weighted by Crippen LogP contribution is 2.31. The minimum atomic E-state index is 0.0750. The highest BCUT2D eigenvalue weighted by atomic mass is 16.2. The predicted octanol–water partition coefficient (Wildman–Crippen LogP) is 4.43. The van der Waals surface area contributed by atoms with Crippen molar-refractivity contribution >= 4 is 28.6 Å². The number of rotatable bonds is 4. The first-order chi connectivity index (χ1) is 17.8. The molecule has 2 aliphatic heterocycles. The summed E-state index contributed by atoms with van der Waals surface area (Å²) in [5, 5.41) is 14.2. The maximum Gasteiger partial charge on any atom is 0.254 e. The average molecular weight is 497 g/mol. The maximum atomic E-state index is 13.5. The lowest BCUT2D eigenvalue weighted by atomic mass is 9.95. The van der Waals surface area contributed by atoms with E-state index >= 15 is 0 Å². The van der Waals surface area contributed by atoms with Gasteiger partial charge in [0.25, 0.3) is 5.91 Å². The van der Waals surface area contributed by atoms with Crippen molar-refractivity contribution in [1.82, 2.24) is 35.2 Å². The van der Waals surface area contributed by atoms with E-state index < -0.39 is 0 Å². The van der Waals surface area contributed by atoms with Crippen LogP contribution in [0.4, 0.5) is 11.6 Å². The Bertz CT molecular complexity index is 1470. The van der Waals surface area contributed by atoms with Gasteiger partial charge in [-0.15, -0.1) is 5.10 Å². The second kappa shape index (κ2) is 9.23. The lowest BCUT2D eigenvalue weighted by Crippen LogP contribution is -2.50. The van der Waals surface area contributed by atoms with Crippen molar-refractivity contribution in [3.8, 4) is 0 Å². The topological polar surface area (TPSA) is 103 Å². The van der Waals surface area contributed by atoms with E-state index in [9.17, 15) is 4.79 Å². The van der Waals surface area contributed by atoms with Crippen molar-refractivity contribution in [1.29, 1.82) is 0 Å². The molecule has 1 amide bonds. The Labute approximate surface area is 216 Å². The van der Waals surface area contributed by atoms with Gasteiger partial charge in [0.05, 0.1) is 11.2 Å². The number of fused-ring (bicyclic) bond motifs is 2. The summed E-state index contributed by atoms with van der Waals surface area (Å²) in [6, 6.07) is 10.7. The summed E-state index contributed by atoms with van der Waals surface area (Å²) in [7, 11) is 0. The van der Waals surface area contributed by atoms with E-state index in [2.05, 4.69) is 69.6 Å². The van der Waals surface area contributed by atoms with Gasteiger partial charge < -0.3 is 10.2 Å². The van der Waals surface area contributed by atoms with Crippen LogP contribution < -0.4 is 5.32 Å². The van der Waals surface area contributed by atoms with Gasteiger partial charge >= 0.3 is 0 Å². The molecule has 4 aromatic rings. The van der Waals surface area contributed by atoms with E-state index in [4.69, 9.17) is 4.98 Å². The Balaban J connectivity index is 1.11. The molecule has 2 aromatic heterocycles. The molecule has 1 fully saturated rings. The summed E-state index contributed by atoms with van der Waals surface area (Å²) in [4.78, 5) is 27.4. The highest BCUT2D eigenvalue weighted by Gasteiger charge is 2.35. The molecular formula is C28H32N8O. The van der Waals surface area contributed by atoms with Crippen molar-refractivity contribution in [3.63, 3.8) is 0 Å². The number of amides is 1. The molecule has 190 valence electrons. The third kappa shape index (κ3) is 4.55. The van der Waals surface area contributed by atoms with Gasteiger partial charge in [-0.2, -0.15) is 0 Å². The van der Waals surface area contributed by atoms with Crippen molar-refractivity contribution in [2.75, 3.05) is 11.9 Å². The molecule has 9 heteroatoms. The summed E-state index contributed by atoms with van der Waals surface area (Å²) in [6.45, 7) is 10.7. The molecule has 9 nitrogen and oxygen atoms in total. The average Bonchev–Trinajstić information content (AvgIpc) is 3.48. The summed E-state index contributed by atoms with van der Waals surface area (Å²) >= 11 is 0. The van der Waals surface area contributed by atoms with Crippen molar-refractivity contribution in [2.24, 2.45) is 0 Å². The fourth-order valence-electron chi connectivity index (χ4n) is 5.84. The quantitative estimate of drug-likeness (QED) is 0.431. The number of aryl methyl sites for hydroxylation is 3. The Morgan fingerprint density at radius 1 is 1.08 bits per heavy atom. The number of nitrogens with one attached hydrogen (secondary N) is 2. The fourth-order valence-corrected chi connectivity index (χ4v) is 5.84. The molecule has 0 unspecified atom stereocenters. The van der Waals surface area contributed by atoms with Crippen LogP contribution in [0.25, 0.3) is 11.0 Å². The van der Waals surface area contributed by atoms with Crippen LogP contribution in [-0.4, -0.2) is 59.7 Å². The van der Waals surface area contributed by atoms with Crippen molar-refractivity contribution in [3.05, 3.63) is 70.0 Å². The molecule has 37 heavy (non-hydrogen) atoms. The van der Waals surface area contributed by atoms with Gasteiger partial charge in [0.2, 0.25) is 5.95 Å². The number of carbonyl (C=O) groups excluding carboxylic acids is 1. The largest absolute Gasteiger partial charge is 0.336 e. The number of hydrogen-bond acceptors (Lipinski definition) is 7. The first-order valence-electron chi connectivity index (χ1n) is 12.9.